The number of rotatable bonds is 4. The monoisotopic (exact) mass is 349 g/mol. The molecule has 0 spiro atoms. The molecule has 0 radical (unpaired) electrons. The van der Waals surface area contributed by atoms with Crippen molar-refractivity contribution in [3.63, 3.8) is 0 Å². The zero-order chi connectivity index (χ0) is 17.9. The van der Waals surface area contributed by atoms with Crippen LogP contribution < -0.4 is 0 Å². The van der Waals surface area contributed by atoms with Crippen LogP contribution in [0.1, 0.15) is 19.4 Å². The summed E-state index contributed by atoms with van der Waals surface area (Å²) in [6, 6.07) is 6.74. The molecule has 1 aromatic carbocycles. The van der Waals surface area contributed by atoms with Gasteiger partial charge in [-0.3, -0.25) is 14.6 Å². The molecule has 0 unspecified atom stereocenters. The predicted octanol–water partition coefficient (Wildman–Crippen LogP) is 1.58. The molecule has 6 heteroatoms. The fourth-order valence-electron chi connectivity index (χ4n) is 3.65. The molecule has 2 fully saturated rings. The second-order valence-corrected chi connectivity index (χ2v) is 7.36. The number of hydrogen-bond donors (Lipinski definition) is 0. The topological polar surface area (TPSA) is 36.0 Å². The van der Waals surface area contributed by atoms with Gasteiger partial charge in [0.25, 0.3) is 0 Å². The summed E-state index contributed by atoms with van der Waals surface area (Å²) in [7, 11) is 0. The molecule has 1 aromatic rings. The fourth-order valence-corrected chi connectivity index (χ4v) is 3.65. The second-order valence-electron chi connectivity index (χ2n) is 7.36. The van der Waals surface area contributed by atoms with E-state index < -0.39 is 5.54 Å². The molecule has 0 saturated carbocycles. The van der Waals surface area contributed by atoms with Crippen LogP contribution in [0.3, 0.4) is 0 Å². The first-order valence-corrected chi connectivity index (χ1v) is 9.06. The smallest absolute Gasteiger partial charge is 0.242 e. The van der Waals surface area contributed by atoms with E-state index >= 15 is 0 Å². The van der Waals surface area contributed by atoms with Crippen molar-refractivity contribution in [1.29, 1.82) is 0 Å². The maximum atomic E-state index is 13.3. The zero-order valence-corrected chi connectivity index (χ0v) is 15.2. The maximum absolute atomic E-state index is 13.3. The Kier molecular flexibility index (Phi) is 5.71. The summed E-state index contributed by atoms with van der Waals surface area (Å²) in [4.78, 5) is 19.5. The van der Waals surface area contributed by atoms with Crippen LogP contribution in [0.25, 0.3) is 0 Å². The van der Waals surface area contributed by atoms with Gasteiger partial charge in [-0.25, -0.2) is 4.39 Å². The number of carbonyl (C=O) groups is 1. The quantitative estimate of drug-likeness (QED) is 0.827. The Morgan fingerprint density at radius 1 is 1.12 bits per heavy atom. The lowest BCUT2D eigenvalue weighted by Gasteiger charge is -2.44. The number of carbonyl (C=O) groups excluding carboxylic acids is 1. The van der Waals surface area contributed by atoms with Crippen molar-refractivity contribution in [3.8, 4) is 0 Å². The largest absolute Gasteiger partial charge is 0.379 e. The van der Waals surface area contributed by atoms with E-state index in [0.717, 1.165) is 51.4 Å². The van der Waals surface area contributed by atoms with Gasteiger partial charge in [0.05, 0.1) is 18.8 Å². The van der Waals surface area contributed by atoms with E-state index in [4.69, 9.17) is 4.74 Å². The molecule has 1 amide bonds. The Balaban J connectivity index is 1.53. The van der Waals surface area contributed by atoms with E-state index in [0.29, 0.717) is 13.2 Å². The number of ether oxygens (including phenoxy) is 1. The lowest BCUT2D eigenvalue weighted by atomic mass is 9.99. The molecule has 2 heterocycles. The van der Waals surface area contributed by atoms with Gasteiger partial charge in [-0.05, 0) is 31.5 Å². The molecule has 2 aliphatic heterocycles. The van der Waals surface area contributed by atoms with Crippen molar-refractivity contribution in [1.82, 2.24) is 14.7 Å². The van der Waals surface area contributed by atoms with E-state index in [1.54, 1.807) is 12.1 Å². The summed E-state index contributed by atoms with van der Waals surface area (Å²) in [6.07, 6.45) is 0. The average molecular weight is 349 g/mol. The van der Waals surface area contributed by atoms with E-state index in [-0.39, 0.29) is 11.7 Å². The summed E-state index contributed by atoms with van der Waals surface area (Å²) in [5, 5.41) is 0. The van der Waals surface area contributed by atoms with Crippen LogP contribution in [0, 0.1) is 5.82 Å². The molecule has 0 aromatic heterocycles. The predicted molar refractivity (Wildman–Crippen MR) is 94.7 cm³/mol. The van der Waals surface area contributed by atoms with Crippen LogP contribution in [0.4, 0.5) is 4.39 Å². The zero-order valence-electron chi connectivity index (χ0n) is 15.2. The Labute approximate surface area is 149 Å². The van der Waals surface area contributed by atoms with Crippen LogP contribution in [-0.2, 0) is 16.1 Å². The van der Waals surface area contributed by atoms with Crippen molar-refractivity contribution in [3.05, 3.63) is 35.6 Å². The third-order valence-corrected chi connectivity index (χ3v) is 5.28. The number of morpholine rings is 1. The molecule has 3 rings (SSSR count). The number of hydrogen-bond acceptors (Lipinski definition) is 4. The highest BCUT2D eigenvalue weighted by atomic mass is 19.1. The number of halogens is 1. The van der Waals surface area contributed by atoms with Gasteiger partial charge in [0, 0.05) is 45.8 Å². The minimum Gasteiger partial charge on any atom is -0.379 e. The van der Waals surface area contributed by atoms with Crippen molar-refractivity contribution < 1.29 is 13.9 Å². The Morgan fingerprint density at radius 3 is 2.44 bits per heavy atom. The lowest BCUT2D eigenvalue weighted by molar-refractivity contribution is -0.147. The molecular formula is C19H28FN3O2. The average Bonchev–Trinajstić information content (AvgIpc) is 2.62. The minimum atomic E-state index is -0.492. The van der Waals surface area contributed by atoms with E-state index in [1.165, 1.54) is 6.07 Å². The molecule has 5 nitrogen and oxygen atoms in total. The van der Waals surface area contributed by atoms with Gasteiger partial charge >= 0.3 is 0 Å². The summed E-state index contributed by atoms with van der Waals surface area (Å²) >= 11 is 0. The van der Waals surface area contributed by atoms with Crippen LogP contribution in [0.2, 0.25) is 0 Å². The van der Waals surface area contributed by atoms with Gasteiger partial charge < -0.3 is 9.64 Å². The fraction of sp³-hybridized carbons (Fsp3) is 0.632. The van der Waals surface area contributed by atoms with Crippen molar-refractivity contribution in [2.24, 2.45) is 0 Å². The molecular weight excluding hydrogens is 321 g/mol. The third kappa shape index (κ3) is 4.37. The van der Waals surface area contributed by atoms with E-state index in [9.17, 15) is 9.18 Å². The van der Waals surface area contributed by atoms with E-state index in [2.05, 4.69) is 9.80 Å². The first kappa shape index (κ1) is 18.3. The molecule has 2 saturated heterocycles. The SMILES string of the molecule is CC(C)(C(=O)N1CCN(Cc2cccc(F)c2)CC1)N1CCOCC1. The highest BCUT2D eigenvalue weighted by molar-refractivity contribution is 5.85. The van der Waals surface area contributed by atoms with Gasteiger partial charge in [0.15, 0.2) is 0 Å². The summed E-state index contributed by atoms with van der Waals surface area (Å²) in [6.45, 7) is 10.8. The van der Waals surface area contributed by atoms with Crippen LogP contribution in [-0.4, -0.2) is 78.6 Å². The molecule has 0 bridgehead atoms. The van der Waals surface area contributed by atoms with Gasteiger partial charge in [0.2, 0.25) is 5.91 Å². The minimum absolute atomic E-state index is 0.194. The molecule has 0 aliphatic carbocycles. The summed E-state index contributed by atoms with van der Waals surface area (Å²) < 4.78 is 18.7. The van der Waals surface area contributed by atoms with Crippen molar-refractivity contribution in [2.75, 3.05) is 52.5 Å². The molecule has 0 N–H and O–H groups in total. The van der Waals surface area contributed by atoms with Crippen molar-refractivity contribution in [2.45, 2.75) is 25.9 Å². The molecule has 2 aliphatic rings. The molecule has 138 valence electrons. The van der Waals surface area contributed by atoms with Crippen LogP contribution >= 0.6 is 0 Å². The first-order chi connectivity index (χ1) is 12.0. The molecule has 0 atom stereocenters. The highest BCUT2D eigenvalue weighted by Crippen LogP contribution is 2.21. The first-order valence-electron chi connectivity index (χ1n) is 9.06. The normalized spacial score (nSPS) is 20.7. The van der Waals surface area contributed by atoms with Crippen LogP contribution in [0.5, 0.6) is 0 Å². The summed E-state index contributed by atoms with van der Waals surface area (Å²) in [5.41, 5.74) is 0.488. The Morgan fingerprint density at radius 2 is 1.80 bits per heavy atom. The van der Waals surface area contributed by atoms with Gasteiger partial charge in [0.1, 0.15) is 5.82 Å². The van der Waals surface area contributed by atoms with Gasteiger partial charge in [-0.15, -0.1) is 0 Å². The van der Waals surface area contributed by atoms with Gasteiger partial charge in [-0.2, -0.15) is 0 Å². The van der Waals surface area contributed by atoms with Crippen LogP contribution in [0.15, 0.2) is 24.3 Å². The standard InChI is InChI=1S/C19H28FN3O2/c1-19(2,23-10-12-25-13-11-23)18(24)22-8-6-21(7-9-22)15-16-4-3-5-17(20)14-16/h3-5,14H,6-13,15H2,1-2H3. The Hall–Kier alpha value is -1.50. The number of amides is 1. The van der Waals surface area contributed by atoms with Gasteiger partial charge in [-0.1, -0.05) is 12.1 Å². The number of nitrogens with zero attached hydrogens (tertiary/aromatic N) is 3. The summed E-state index contributed by atoms with van der Waals surface area (Å²) in [5.74, 6) is -0.00150. The van der Waals surface area contributed by atoms with Crippen molar-refractivity contribution >= 4 is 5.91 Å². The number of benzene rings is 1. The third-order valence-electron chi connectivity index (χ3n) is 5.28. The molecule has 25 heavy (non-hydrogen) atoms. The maximum Gasteiger partial charge on any atom is 0.242 e. The highest BCUT2D eigenvalue weighted by Gasteiger charge is 2.39. The second kappa shape index (κ2) is 7.81. The lowest BCUT2D eigenvalue weighted by Crippen LogP contribution is -2.61. The van der Waals surface area contributed by atoms with E-state index in [1.807, 2.05) is 24.8 Å². The number of piperazine rings is 1. The Bertz CT molecular complexity index is 594.